The molecule has 0 saturated carbocycles. The first-order chi connectivity index (χ1) is 9.45. The highest BCUT2D eigenvalue weighted by Crippen LogP contribution is 2.23. The summed E-state index contributed by atoms with van der Waals surface area (Å²) >= 11 is 0. The van der Waals surface area contributed by atoms with Crippen LogP contribution in [-0.4, -0.2) is 25.4 Å². The maximum absolute atomic E-state index is 12.4. The normalized spacial score (nSPS) is 13.4. The topological polar surface area (TPSA) is 21.3 Å². The lowest BCUT2D eigenvalue weighted by atomic mass is 10.1. The van der Waals surface area contributed by atoms with Crippen molar-refractivity contribution < 1.29 is 17.9 Å². The molecular formula is C15H22F3NO. The van der Waals surface area contributed by atoms with Crippen LogP contribution in [0.15, 0.2) is 24.3 Å². The van der Waals surface area contributed by atoms with Crippen molar-refractivity contribution in [3.05, 3.63) is 35.4 Å². The van der Waals surface area contributed by atoms with Crippen LogP contribution in [0.1, 0.15) is 31.4 Å². The predicted molar refractivity (Wildman–Crippen MR) is 73.6 cm³/mol. The molecule has 20 heavy (non-hydrogen) atoms. The Morgan fingerprint density at radius 1 is 1.15 bits per heavy atom. The minimum absolute atomic E-state index is 0.00930. The van der Waals surface area contributed by atoms with E-state index < -0.39 is 12.3 Å². The summed E-state index contributed by atoms with van der Waals surface area (Å²) in [6.45, 7) is 4.88. The highest BCUT2D eigenvalue weighted by Gasteiger charge is 2.36. The standard InChI is InChI=1S/C15H22F3NO/c1-3-9-19-10-8-13-6-4-5-7-14(13)11-20-12(2)15(16,17)18/h4-7,12,19H,3,8-11H2,1-2H3. The minimum atomic E-state index is -4.31. The average Bonchev–Trinajstić information content (AvgIpc) is 2.41. The van der Waals surface area contributed by atoms with E-state index in [9.17, 15) is 13.2 Å². The highest BCUT2D eigenvalue weighted by molar-refractivity contribution is 5.26. The molecule has 0 spiro atoms. The number of alkyl halides is 3. The van der Waals surface area contributed by atoms with Gasteiger partial charge in [-0.1, -0.05) is 31.2 Å². The van der Waals surface area contributed by atoms with Crippen molar-refractivity contribution in [3.63, 3.8) is 0 Å². The summed E-state index contributed by atoms with van der Waals surface area (Å²) in [6.07, 6.45) is -4.19. The Labute approximate surface area is 118 Å². The molecule has 1 atom stereocenters. The van der Waals surface area contributed by atoms with E-state index in [0.29, 0.717) is 0 Å². The SMILES string of the molecule is CCCNCCc1ccccc1COC(C)C(F)(F)F. The lowest BCUT2D eigenvalue weighted by Crippen LogP contribution is -2.28. The lowest BCUT2D eigenvalue weighted by Gasteiger charge is -2.17. The first-order valence-electron chi connectivity index (χ1n) is 6.91. The number of ether oxygens (including phenoxy) is 1. The van der Waals surface area contributed by atoms with Gasteiger partial charge in [-0.2, -0.15) is 13.2 Å². The minimum Gasteiger partial charge on any atom is -0.364 e. The van der Waals surface area contributed by atoms with Gasteiger partial charge >= 0.3 is 6.18 Å². The molecule has 0 heterocycles. The van der Waals surface area contributed by atoms with Crippen molar-refractivity contribution >= 4 is 0 Å². The maximum atomic E-state index is 12.4. The molecule has 114 valence electrons. The number of hydrogen-bond acceptors (Lipinski definition) is 2. The van der Waals surface area contributed by atoms with E-state index in [4.69, 9.17) is 4.74 Å². The summed E-state index contributed by atoms with van der Waals surface area (Å²) in [5.41, 5.74) is 1.85. The first-order valence-corrected chi connectivity index (χ1v) is 6.91. The second-order valence-corrected chi connectivity index (χ2v) is 4.76. The summed E-state index contributed by atoms with van der Waals surface area (Å²) in [5, 5.41) is 3.28. The Bertz CT molecular complexity index is 393. The third-order valence-corrected chi connectivity index (χ3v) is 3.07. The highest BCUT2D eigenvalue weighted by atomic mass is 19.4. The Balaban J connectivity index is 2.52. The van der Waals surface area contributed by atoms with Crippen LogP contribution in [0.2, 0.25) is 0 Å². The van der Waals surface area contributed by atoms with Gasteiger partial charge in [0.2, 0.25) is 0 Å². The molecule has 0 bridgehead atoms. The lowest BCUT2D eigenvalue weighted by molar-refractivity contribution is -0.217. The fourth-order valence-corrected chi connectivity index (χ4v) is 1.78. The monoisotopic (exact) mass is 289 g/mol. The third kappa shape index (κ3) is 5.92. The van der Waals surface area contributed by atoms with Gasteiger partial charge in [0.1, 0.15) is 0 Å². The first kappa shape index (κ1) is 17.0. The molecule has 1 aromatic carbocycles. The Hall–Kier alpha value is -1.07. The van der Waals surface area contributed by atoms with Crippen LogP contribution in [0, 0.1) is 0 Å². The van der Waals surface area contributed by atoms with Crippen molar-refractivity contribution in [1.82, 2.24) is 5.32 Å². The van der Waals surface area contributed by atoms with Crippen LogP contribution in [0.25, 0.3) is 0 Å². The second kappa shape index (κ2) is 8.27. The van der Waals surface area contributed by atoms with Gasteiger partial charge in [0.15, 0.2) is 6.10 Å². The summed E-state index contributed by atoms with van der Waals surface area (Å²) < 4.78 is 42.1. The summed E-state index contributed by atoms with van der Waals surface area (Å²) in [7, 11) is 0. The second-order valence-electron chi connectivity index (χ2n) is 4.76. The average molecular weight is 289 g/mol. The van der Waals surface area contributed by atoms with E-state index in [2.05, 4.69) is 12.2 Å². The van der Waals surface area contributed by atoms with E-state index in [0.717, 1.165) is 44.0 Å². The van der Waals surface area contributed by atoms with Gasteiger partial charge in [-0.3, -0.25) is 0 Å². The fourth-order valence-electron chi connectivity index (χ4n) is 1.78. The summed E-state index contributed by atoms with van der Waals surface area (Å²) in [5.74, 6) is 0. The number of rotatable bonds is 8. The van der Waals surface area contributed by atoms with Gasteiger partial charge < -0.3 is 10.1 Å². The molecule has 0 fully saturated rings. The molecular weight excluding hydrogens is 267 g/mol. The quantitative estimate of drug-likeness (QED) is 0.737. The molecule has 1 N–H and O–H groups in total. The van der Waals surface area contributed by atoms with Crippen molar-refractivity contribution in [2.75, 3.05) is 13.1 Å². The van der Waals surface area contributed by atoms with E-state index in [1.165, 1.54) is 0 Å². The van der Waals surface area contributed by atoms with Crippen molar-refractivity contribution in [2.24, 2.45) is 0 Å². The van der Waals surface area contributed by atoms with Crippen LogP contribution in [0.3, 0.4) is 0 Å². The van der Waals surface area contributed by atoms with Gasteiger partial charge in [0.05, 0.1) is 6.61 Å². The van der Waals surface area contributed by atoms with Gasteiger partial charge in [-0.25, -0.2) is 0 Å². The van der Waals surface area contributed by atoms with Crippen LogP contribution in [0.5, 0.6) is 0 Å². The van der Waals surface area contributed by atoms with Crippen molar-refractivity contribution in [3.8, 4) is 0 Å². The molecule has 0 aliphatic rings. The van der Waals surface area contributed by atoms with Crippen LogP contribution >= 0.6 is 0 Å². The van der Waals surface area contributed by atoms with Crippen molar-refractivity contribution in [2.45, 2.75) is 45.6 Å². The number of nitrogens with one attached hydrogen (secondary N) is 1. The molecule has 0 aromatic heterocycles. The molecule has 5 heteroatoms. The van der Waals surface area contributed by atoms with E-state index in [-0.39, 0.29) is 6.61 Å². The Kier molecular flexibility index (Phi) is 7.02. The molecule has 0 aliphatic carbocycles. The van der Waals surface area contributed by atoms with Crippen LogP contribution in [0.4, 0.5) is 13.2 Å². The molecule has 1 aromatic rings. The summed E-state index contributed by atoms with van der Waals surface area (Å²) in [4.78, 5) is 0. The number of halogens is 3. The molecule has 0 aliphatic heterocycles. The van der Waals surface area contributed by atoms with Crippen LogP contribution in [-0.2, 0) is 17.8 Å². The van der Waals surface area contributed by atoms with E-state index >= 15 is 0 Å². The summed E-state index contributed by atoms with van der Waals surface area (Å²) in [6, 6.07) is 7.47. The zero-order chi connectivity index (χ0) is 15.0. The van der Waals surface area contributed by atoms with Crippen LogP contribution < -0.4 is 5.32 Å². The van der Waals surface area contributed by atoms with E-state index in [1.54, 1.807) is 0 Å². The molecule has 1 rings (SSSR count). The Morgan fingerprint density at radius 3 is 2.40 bits per heavy atom. The molecule has 1 unspecified atom stereocenters. The van der Waals surface area contributed by atoms with Gasteiger partial charge in [0, 0.05) is 0 Å². The molecule has 2 nitrogen and oxygen atoms in total. The molecule has 0 amide bonds. The smallest absolute Gasteiger partial charge is 0.364 e. The third-order valence-electron chi connectivity index (χ3n) is 3.07. The van der Waals surface area contributed by atoms with Crippen molar-refractivity contribution in [1.29, 1.82) is 0 Å². The van der Waals surface area contributed by atoms with E-state index in [1.807, 2.05) is 24.3 Å². The maximum Gasteiger partial charge on any atom is 0.414 e. The molecule has 0 saturated heterocycles. The van der Waals surface area contributed by atoms with Gasteiger partial charge in [-0.15, -0.1) is 0 Å². The van der Waals surface area contributed by atoms with Gasteiger partial charge in [0.25, 0.3) is 0 Å². The molecule has 0 radical (unpaired) electrons. The number of hydrogen-bond donors (Lipinski definition) is 1. The Morgan fingerprint density at radius 2 is 1.80 bits per heavy atom. The predicted octanol–water partition coefficient (Wildman–Crippen LogP) is 3.70. The van der Waals surface area contributed by atoms with Gasteiger partial charge in [-0.05, 0) is 44.0 Å². The number of benzene rings is 1. The zero-order valence-electron chi connectivity index (χ0n) is 12.0. The zero-order valence-corrected chi connectivity index (χ0v) is 12.0. The largest absolute Gasteiger partial charge is 0.414 e. The fraction of sp³-hybridized carbons (Fsp3) is 0.600.